The van der Waals surface area contributed by atoms with Crippen LogP contribution in [0.15, 0.2) is 87.8 Å². The smallest absolute Gasteiger partial charge is 0.255 e. The Morgan fingerprint density at radius 3 is 2.43 bits per heavy atom. The zero-order valence-electron chi connectivity index (χ0n) is 26.4. The fourth-order valence-corrected chi connectivity index (χ4v) is 5.93. The Balaban J connectivity index is 1.57. The van der Waals surface area contributed by atoms with Crippen LogP contribution in [0.5, 0.6) is 0 Å². The van der Waals surface area contributed by atoms with Crippen molar-refractivity contribution in [1.82, 2.24) is 20.2 Å². The van der Waals surface area contributed by atoms with Crippen molar-refractivity contribution in [1.29, 1.82) is 0 Å². The molecule has 1 N–H and O–H groups in total. The minimum atomic E-state index is -0.777. The van der Waals surface area contributed by atoms with Crippen LogP contribution >= 0.6 is 8.15 Å². The molecule has 0 bridgehead atoms. The second kappa shape index (κ2) is 13.4. The van der Waals surface area contributed by atoms with Gasteiger partial charge in [-0.15, -0.1) is 0 Å². The predicted molar refractivity (Wildman–Crippen MR) is 182 cm³/mol. The lowest BCUT2D eigenvalue weighted by Gasteiger charge is -2.28. The Hall–Kier alpha value is -4.63. The number of pyridine rings is 1. The standard InChI is InChI=1S/C35H35FN5O4P/c1-37-34(42)31-27-20-26(23-9-6-10-24(19-23)35-39-33-29(44-35)11-7-16-38-33)28(41(45-46(4)5)18-8-17-40(2)3)21-30(27)43-32(31)22-12-14-25(36)15-13-22/h6-7,9-16,19-21H,8,17-18H2,1-5H3,(H,37,42). The van der Waals surface area contributed by atoms with Crippen LogP contribution in [0.25, 0.3) is 56.1 Å². The highest BCUT2D eigenvalue weighted by molar-refractivity contribution is 7.50. The molecule has 0 aliphatic heterocycles. The van der Waals surface area contributed by atoms with Gasteiger partial charge in [0.25, 0.3) is 5.91 Å². The molecule has 3 aromatic carbocycles. The maximum atomic E-state index is 13.8. The van der Waals surface area contributed by atoms with E-state index in [2.05, 4.69) is 33.5 Å². The van der Waals surface area contributed by atoms with Gasteiger partial charge in [0.2, 0.25) is 5.89 Å². The Kier molecular flexibility index (Phi) is 9.12. The number of anilines is 1. The van der Waals surface area contributed by atoms with Gasteiger partial charge in [-0.1, -0.05) is 12.1 Å². The number of nitrogens with zero attached hydrogens (tertiary/aromatic N) is 4. The van der Waals surface area contributed by atoms with E-state index in [4.69, 9.17) is 13.5 Å². The molecule has 0 fully saturated rings. The van der Waals surface area contributed by atoms with Gasteiger partial charge in [-0.2, -0.15) is 4.98 Å². The van der Waals surface area contributed by atoms with Crippen LogP contribution < -0.4 is 10.4 Å². The van der Waals surface area contributed by atoms with Gasteiger partial charge in [-0.05, 0) is 101 Å². The first-order chi connectivity index (χ1) is 22.2. The number of carbonyl (C=O) groups is 1. The minimum Gasteiger partial charge on any atom is -0.455 e. The van der Waals surface area contributed by atoms with Gasteiger partial charge in [0, 0.05) is 47.9 Å². The number of furan rings is 1. The molecule has 0 aliphatic rings. The zero-order chi connectivity index (χ0) is 32.4. The Labute approximate surface area is 267 Å². The largest absolute Gasteiger partial charge is 0.455 e. The van der Waals surface area contributed by atoms with Crippen molar-refractivity contribution in [2.24, 2.45) is 0 Å². The summed E-state index contributed by atoms with van der Waals surface area (Å²) in [5.74, 6) is 0.130. The van der Waals surface area contributed by atoms with Crippen LogP contribution in [0.1, 0.15) is 16.8 Å². The third-order valence-corrected chi connectivity index (χ3v) is 7.97. The third-order valence-electron chi connectivity index (χ3n) is 7.45. The molecule has 0 spiro atoms. The molecule has 0 aliphatic carbocycles. The number of carbonyl (C=O) groups excluding carboxylic acids is 1. The van der Waals surface area contributed by atoms with Crippen molar-refractivity contribution in [2.75, 3.05) is 52.6 Å². The van der Waals surface area contributed by atoms with Gasteiger partial charge in [0.15, 0.2) is 11.2 Å². The van der Waals surface area contributed by atoms with E-state index in [0.717, 1.165) is 35.3 Å². The fourth-order valence-electron chi connectivity index (χ4n) is 5.37. The summed E-state index contributed by atoms with van der Waals surface area (Å²) in [5, 5.41) is 5.30. The Bertz CT molecular complexity index is 1970. The average Bonchev–Trinajstić information content (AvgIpc) is 3.65. The highest BCUT2D eigenvalue weighted by Gasteiger charge is 2.26. The fraction of sp³-hybridized carbons (Fsp3) is 0.229. The molecule has 46 heavy (non-hydrogen) atoms. The summed E-state index contributed by atoms with van der Waals surface area (Å²) in [5.41, 5.74) is 5.88. The molecule has 0 atom stereocenters. The van der Waals surface area contributed by atoms with E-state index in [9.17, 15) is 9.18 Å². The molecule has 0 unspecified atom stereocenters. The molecular formula is C35H35FN5O4P. The van der Waals surface area contributed by atoms with E-state index in [1.165, 1.54) is 12.1 Å². The number of oxazole rings is 1. The summed E-state index contributed by atoms with van der Waals surface area (Å²) in [4.78, 5) is 24.4. The molecule has 6 rings (SSSR count). The van der Waals surface area contributed by atoms with E-state index in [1.54, 1.807) is 25.4 Å². The number of nitrogens with one attached hydrogen (secondary N) is 1. The lowest BCUT2D eigenvalue weighted by Crippen LogP contribution is -2.26. The summed E-state index contributed by atoms with van der Waals surface area (Å²) in [6, 6.07) is 21.4. The maximum Gasteiger partial charge on any atom is 0.255 e. The van der Waals surface area contributed by atoms with Crippen LogP contribution in [-0.4, -0.2) is 68.3 Å². The predicted octanol–water partition coefficient (Wildman–Crippen LogP) is 7.81. The number of halogens is 1. The summed E-state index contributed by atoms with van der Waals surface area (Å²) in [7, 11) is 4.89. The molecule has 1 amide bonds. The summed E-state index contributed by atoms with van der Waals surface area (Å²) >= 11 is 0. The van der Waals surface area contributed by atoms with E-state index < -0.39 is 8.15 Å². The summed E-state index contributed by atoms with van der Waals surface area (Å²) in [6.45, 7) is 5.61. The van der Waals surface area contributed by atoms with Gasteiger partial charge >= 0.3 is 0 Å². The lowest BCUT2D eigenvalue weighted by atomic mass is 9.97. The number of hydrogen-bond donors (Lipinski definition) is 1. The normalized spacial score (nSPS) is 11.7. The number of hydrogen-bond acceptors (Lipinski definition) is 8. The molecule has 3 heterocycles. The van der Waals surface area contributed by atoms with Crippen molar-refractivity contribution in [3.63, 3.8) is 0 Å². The van der Waals surface area contributed by atoms with Crippen LogP contribution in [0, 0.1) is 5.82 Å². The van der Waals surface area contributed by atoms with Crippen LogP contribution in [0.3, 0.4) is 0 Å². The van der Waals surface area contributed by atoms with Gasteiger partial charge in [-0.3, -0.25) is 9.42 Å². The maximum absolute atomic E-state index is 13.8. The molecule has 11 heteroatoms. The van der Waals surface area contributed by atoms with Crippen molar-refractivity contribution >= 4 is 41.9 Å². The van der Waals surface area contributed by atoms with Crippen molar-refractivity contribution in [3.05, 3.63) is 90.4 Å². The number of benzene rings is 3. The monoisotopic (exact) mass is 639 g/mol. The second-order valence-corrected chi connectivity index (χ2v) is 13.1. The molecule has 6 aromatic rings. The van der Waals surface area contributed by atoms with Crippen molar-refractivity contribution < 1.29 is 22.6 Å². The van der Waals surface area contributed by atoms with Gasteiger partial charge in [0.1, 0.15) is 17.2 Å². The first-order valence-corrected chi connectivity index (χ1v) is 17.1. The van der Waals surface area contributed by atoms with E-state index in [-0.39, 0.29) is 11.7 Å². The highest BCUT2D eigenvalue weighted by Crippen LogP contribution is 2.43. The lowest BCUT2D eigenvalue weighted by molar-refractivity contribution is 0.0964. The van der Waals surface area contributed by atoms with Crippen molar-refractivity contribution in [3.8, 4) is 33.9 Å². The van der Waals surface area contributed by atoms with Gasteiger partial charge in [-0.25, -0.2) is 14.4 Å². The van der Waals surface area contributed by atoms with Gasteiger partial charge < -0.3 is 19.1 Å². The second-order valence-electron chi connectivity index (χ2n) is 11.3. The number of aromatic nitrogens is 2. The molecule has 0 saturated heterocycles. The quantitative estimate of drug-likeness (QED) is 0.113. The summed E-state index contributed by atoms with van der Waals surface area (Å²) in [6.07, 6.45) is 2.54. The van der Waals surface area contributed by atoms with Crippen LogP contribution in [0.4, 0.5) is 10.1 Å². The highest BCUT2D eigenvalue weighted by atomic mass is 31.1. The number of amides is 1. The average molecular weight is 640 g/mol. The van der Waals surface area contributed by atoms with Crippen molar-refractivity contribution in [2.45, 2.75) is 6.42 Å². The Morgan fingerprint density at radius 2 is 1.72 bits per heavy atom. The minimum absolute atomic E-state index is 0.311. The van der Waals surface area contributed by atoms with Gasteiger partial charge in [0.05, 0.1) is 19.4 Å². The third kappa shape index (κ3) is 6.51. The molecule has 0 saturated carbocycles. The first kappa shape index (κ1) is 31.4. The topological polar surface area (TPSA) is 96.9 Å². The molecule has 3 aromatic heterocycles. The molecular weight excluding hydrogens is 604 g/mol. The first-order valence-electron chi connectivity index (χ1n) is 14.9. The van der Waals surface area contributed by atoms with E-state index in [0.29, 0.717) is 51.5 Å². The number of rotatable bonds is 11. The zero-order valence-corrected chi connectivity index (χ0v) is 27.3. The van der Waals surface area contributed by atoms with E-state index >= 15 is 0 Å². The van der Waals surface area contributed by atoms with Crippen LogP contribution in [-0.2, 0) is 4.62 Å². The van der Waals surface area contributed by atoms with Crippen LogP contribution in [0.2, 0.25) is 0 Å². The molecule has 9 nitrogen and oxygen atoms in total. The number of hydroxylamine groups is 1. The molecule has 236 valence electrons. The Morgan fingerprint density at radius 1 is 0.935 bits per heavy atom. The number of fused-ring (bicyclic) bond motifs is 2. The summed E-state index contributed by atoms with van der Waals surface area (Å²) < 4.78 is 32.8. The SMILES string of the molecule is CNC(=O)c1c(-c2ccc(F)cc2)oc2cc(N(CCCN(C)C)OP(C)C)c(-c3cccc(-c4nc5ncccc5o4)c3)cc12. The molecule has 0 radical (unpaired) electrons. The van der Waals surface area contributed by atoms with E-state index in [1.807, 2.05) is 67.7 Å².